The Morgan fingerprint density at radius 1 is 1.09 bits per heavy atom. The SMILES string of the molecule is CP(C)(=O)c1cc2ncnc(Nc3cccc4occc34)c2cc1OCCCN1CCCCC1. The van der Waals surface area contributed by atoms with Crippen LogP contribution in [0.25, 0.3) is 21.9 Å². The van der Waals surface area contributed by atoms with Gasteiger partial charge in [-0.05, 0) is 76.0 Å². The summed E-state index contributed by atoms with van der Waals surface area (Å²) in [5, 5.41) is 5.95. The fourth-order valence-corrected chi connectivity index (χ4v) is 5.69. The second-order valence-electron chi connectivity index (χ2n) is 9.28. The zero-order valence-corrected chi connectivity index (χ0v) is 20.7. The molecule has 1 aliphatic heterocycles. The first-order valence-corrected chi connectivity index (χ1v) is 14.5. The quantitative estimate of drug-likeness (QED) is 0.260. The number of hydrogen-bond acceptors (Lipinski definition) is 7. The Balaban J connectivity index is 1.43. The highest BCUT2D eigenvalue weighted by molar-refractivity contribution is 7.70. The number of rotatable bonds is 8. The molecule has 0 saturated carbocycles. The first kappa shape index (κ1) is 22.9. The van der Waals surface area contributed by atoms with Gasteiger partial charge in [0.1, 0.15) is 30.6 Å². The predicted molar refractivity (Wildman–Crippen MR) is 139 cm³/mol. The molecule has 1 fully saturated rings. The Morgan fingerprint density at radius 2 is 1.94 bits per heavy atom. The van der Waals surface area contributed by atoms with E-state index in [-0.39, 0.29) is 0 Å². The Morgan fingerprint density at radius 3 is 2.76 bits per heavy atom. The number of nitrogens with one attached hydrogen (secondary N) is 1. The van der Waals surface area contributed by atoms with Gasteiger partial charge < -0.3 is 23.9 Å². The molecule has 4 aromatic rings. The molecule has 1 saturated heterocycles. The van der Waals surface area contributed by atoms with Crippen LogP contribution >= 0.6 is 7.14 Å². The van der Waals surface area contributed by atoms with Crippen molar-refractivity contribution in [2.75, 3.05) is 44.9 Å². The van der Waals surface area contributed by atoms with Gasteiger partial charge in [-0.25, -0.2) is 9.97 Å². The Labute approximate surface area is 199 Å². The van der Waals surface area contributed by atoms with Gasteiger partial charge in [-0.3, -0.25) is 0 Å². The zero-order chi connectivity index (χ0) is 23.5. The van der Waals surface area contributed by atoms with Gasteiger partial charge in [-0.1, -0.05) is 12.5 Å². The maximum Gasteiger partial charge on any atom is 0.141 e. The van der Waals surface area contributed by atoms with E-state index in [2.05, 4.69) is 20.2 Å². The molecule has 0 bridgehead atoms. The van der Waals surface area contributed by atoms with Crippen LogP contribution in [-0.2, 0) is 4.57 Å². The number of likely N-dealkylation sites (tertiary alicyclic amines) is 1. The lowest BCUT2D eigenvalue weighted by molar-refractivity contribution is 0.205. The standard InChI is InChI=1S/C26H31N4O3P/c1-34(2,31)25-17-22-20(16-24(25)32-14-7-13-30-11-4-3-5-12-30)26(28-18-27-22)29-21-8-6-9-23-19(21)10-15-33-23/h6,8-10,15-18H,3-5,7,11-14H2,1-2H3,(H,27,28,29). The average Bonchev–Trinajstić information content (AvgIpc) is 3.32. The molecule has 0 spiro atoms. The van der Waals surface area contributed by atoms with E-state index in [0.29, 0.717) is 18.2 Å². The van der Waals surface area contributed by atoms with Crippen molar-refractivity contribution in [3.8, 4) is 5.75 Å². The summed E-state index contributed by atoms with van der Waals surface area (Å²) in [6.07, 6.45) is 8.05. The van der Waals surface area contributed by atoms with Crippen LogP contribution in [-0.4, -0.2) is 54.4 Å². The van der Waals surface area contributed by atoms with Crippen LogP contribution in [0.2, 0.25) is 0 Å². The smallest absolute Gasteiger partial charge is 0.141 e. The molecule has 1 aliphatic rings. The summed E-state index contributed by atoms with van der Waals surface area (Å²) in [5.74, 6) is 1.32. The largest absolute Gasteiger partial charge is 0.493 e. The van der Waals surface area contributed by atoms with Gasteiger partial charge in [0, 0.05) is 17.3 Å². The number of nitrogens with zero attached hydrogens (tertiary/aromatic N) is 3. The number of anilines is 2. The number of ether oxygens (including phenoxy) is 1. The van der Waals surface area contributed by atoms with Gasteiger partial charge in [0.15, 0.2) is 0 Å². The summed E-state index contributed by atoms with van der Waals surface area (Å²) >= 11 is 0. The van der Waals surface area contributed by atoms with Gasteiger partial charge >= 0.3 is 0 Å². The third-order valence-electron chi connectivity index (χ3n) is 6.37. The number of furan rings is 1. The van der Waals surface area contributed by atoms with E-state index in [1.54, 1.807) is 19.6 Å². The number of benzene rings is 2. The van der Waals surface area contributed by atoms with Crippen LogP contribution in [0.5, 0.6) is 5.75 Å². The molecule has 0 aliphatic carbocycles. The van der Waals surface area contributed by atoms with Gasteiger partial charge in [0.25, 0.3) is 0 Å². The molecular formula is C26H31N4O3P. The molecule has 2 aromatic carbocycles. The molecular weight excluding hydrogens is 447 g/mol. The first-order chi connectivity index (χ1) is 16.5. The molecule has 0 amide bonds. The predicted octanol–water partition coefficient (Wildman–Crippen LogP) is 5.62. The highest BCUT2D eigenvalue weighted by atomic mass is 31.2. The van der Waals surface area contributed by atoms with Crippen molar-refractivity contribution in [1.29, 1.82) is 0 Å². The molecule has 34 heavy (non-hydrogen) atoms. The fraction of sp³-hybridized carbons (Fsp3) is 0.385. The van der Waals surface area contributed by atoms with E-state index in [4.69, 9.17) is 9.15 Å². The maximum atomic E-state index is 13.1. The Bertz CT molecular complexity index is 1340. The van der Waals surface area contributed by atoms with Crippen molar-refractivity contribution in [3.63, 3.8) is 0 Å². The molecule has 0 radical (unpaired) electrons. The zero-order valence-electron chi connectivity index (χ0n) is 19.8. The lowest BCUT2D eigenvalue weighted by atomic mass is 10.1. The van der Waals surface area contributed by atoms with Crippen molar-refractivity contribution in [1.82, 2.24) is 14.9 Å². The van der Waals surface area contributed by atoms with E-state index >= 15 is 0 Å². The van der Waals surface area contributed by atoms with Crippen molar-refractivity contribution >= 4 is 45.8 Å². The molecule has 8 heteroatoms. The second kappa shape index (κ2) is 9.77. The van der Waals surface area contributed by atoms with E-state index in [1.807, 2.05) is 36.4 Å². The summed E-state index contributed by atoms with van der Waals surface area (Å²) in [6, 6.07) is 11.6. The fourth-order valence-electron chi connectivity index (χ4n) is 4.59. The van der Waals surface area contributed by atoms with Crippen molar-refractivity contribution in [3.05, 3.63) is 49.0 Å². The van der Waals surface area contributed by atoms with Crippen LogP contribution in [0.4, 0.5) is 11.5 Å². The number of fused-ring (bicyclic) bond motifs is 2. The summed E-state index contributed by atoms with van der Waals surface area (Å²) in [4.78, 5) is 11.5. The molecule has 3 heterocycles. The van der Waals surface area contributed by atoms with Crippen LogP contribution in [0.15, 0.2) is 53.4 Å². The average molecular weight is 479 g/mol. The first-order valence-electron chi connectivity index (χ1n) is 11.9. The lowest BCUT2D eigenvalue weighted by Crippen LogP contribution is -2.31. The van der Waals surface area contributed by atoms with Crippen LogP contribution in [0, 0.1) is 0 Å². The Hall–Kier alpha value is -2.89. The van der Waals surface area contributed by atoms with Gasteiger partial charge in [0.2, 0.25) is 0 Å². The van der Waals surface area contributed by atoms with Crippen molar-refractivity contribution < 1.29 is 13.7 Å². The number of hydrogen-bond donors (Lipinski definition) is 1. The topological polar surface area (TPSA) is 80.5 Å². The minimum Gasteiger partial charge on any atom is -0.493 e. The monoisotopic (exact) mass is 478 g/mol. The molecule has 2 aromatic heterocycles. The Kier molecular flexibility index (Phi) is 6.57. The molecule has 1 N–H and O–H groups in total. The molecule has 7 nitrogen and oxygen atoms in total. The molecule has 178 valence electrons. The van der Waals surface area contributed by atoms with Crippen LogP contribution in [0.3, 0.4) is 0 Å². The minimum atomic E-state index is -2.57. The summed E-state index contributed by atoms with van der Waals surface area (Å²) < 4.78 is 24.9. The van der Waals surface area contributed by atoms with E-state index < -0.39 is 7.14 Å². The van der Waals surface area contributed by atoms with Crippen LogP contribution < -0.4 is 15.4 Å². The van der Waals surface area contributed by atoms with E-state index in [9.17, 15) is 4.57 Å². The third kappa shape index (κ3) is 4.96. The highest BCUT2D eigenvalue weighted by Crippen LogP contribution is 2.41. The highest BCUT2D eigenvalue weighted by Gasteiger charge is 2.21. The third-order valence-corrected chi connectivity index (χ3v) is 7.88. The summed E-state index contributed by atoms with van der Waals surface area (Å²) in [5.41, 5.74) is 2.44. The number of piperidine rings is 1. The summed E-state index contributed by atoms with van der Waals surface area (Å²) in [6.45, 7) is 7.51. The van der Waals surface area contributed by atoms with Gasteiger partial charge in [-0.15, -0.1) is 0 Å². The molecule has 0 unspecified atom stereocenters. The van der Waals surface area contributed by atoms with E-state index in [1.165, 1.54) is 38.7 Å². The maximum absolute atomic E-state index is 13.1. The lowest BCUT2D eigenvalue weighted by Gasteiger charge is -2.26. The normalized spacial score (nSPS) is 15.1. The van der Waals surface area contributed by atoms with E-state index in [0.717, 1.165) is 45.8 Å². The van der Waals surface area contributed by atoms with Gasteiger partial charge in [-0.2, -0.15) is 0 Å². The van der Waals surface area contributed by atoms with Gasteiger partial charge in [0.05, 0.1) is 29.4 Å². The number of aromatic nitrogens is 2. The van der Waals surface area contributed by atoms with Crippen molar-refractivity contribution in [2.45, 2.75) is 25.7 Å². The second-order valence-corrected chi connectivity index (χ2v) is 12.5. The molecule has 5 rings (SSSR count). The summed E-state index contributed by atoms with van der Waals surface area (Å²) in [7, 11) is -2.57. The van der Waals surface area contributed by atoms with Crippen LogP contribution in [0.1, 0.15) is 25.7 Å². The molecule has 0 atom stereocenters. The minimum absolute atomic E-state index is 0.583. The van der Waals surface area contributed by atoms with Crippen molar-refractivity contribution in [2.24, 2.45) is 0 Å².